The second-order valence-corrected chi connectivity index (χ2v) is 6.26. The van der Waals surface area contributed by atoms with Gasteiger partial charge in [-0.05, 0) is 48.4 Å². The molecule has 0 saturated heterocycles. The van der Waals surface area contributed by atoms with E-state index in [-0.39, 0.29) is 11.2 Å². The van der Waals surface area contributed by atoms with Gasteiger partial charge < -0.3 is 5.11 Å². The maximum Gasteiger partial charge on any atom is 0.123 e. The zero-order valence-corrected chi connectivity index (χ0v) is 11.5. The Labute approximate surface area is 112 Å². The summed E-state index contributed by atoms with van der Waals surface area (Å²) in [4.78, 5) is 0. The fourth-order valence-corrected chi connectivity index (χ4v) is 2.87. The molecular formula is C15H18ClFO. The van der Waals surface area contributed by atoms with Gasteiger partial charge in [0.2, 0.25) is 0 Å². The Morgan fingerprint density at radius 1 is 1.44 bits per heavy atom. The SMILES string of the molecule is CC1(C)CC(Cc2cc(F)ccc2Cl)=CC(O)C1. The first-order chi connectivity index (χ1) is 8.35. The summed E-state index contributed by atoms with van der Waals surface area (Å²) >= 11 is 6.07. The molecule has 1 aromatic rings. The zero-order valence-electron chi connectivity index (χ0n) is 10.7. The fraction of sp³-hybridized carbons (Fsp3) is 0.467. The molecule has 1 aliphatic rings. The zero-order chi connectivity index (χ0) is 13.3. The van der Waals surface area contributed by atoms with Crippen molar-refractivity contribution in [2.24, 2.45) is 5.41 Å². The van der Waals surface area contributed by atoms with Crippen molar-refractivity contribution in [3.05, 3.63) is 46.3 Å². The minimum atomic E-state index is -0.406. The van der Waals surface area contributed by atoms with Crippen LogP contribution in [0.5, 0.6) is 0 Å². The number of rotatable bonds is 2. The van der Waals surface area contributed by atoms with Gasteiger partial charge in [0.1, 0.15) is 5.82 Å². The third-order valence-corrected chi connectivity index (χ3v) is 3.69. The standard InChI is InChI=1S/C15H18ClFO/c1-15(2)8-10(6-13(18)9-15)5-11-7-12(17)3-4-14(11)16/h3-4,6-7,13,18H,5,8-9H2,1-2H3. The highest BCUT2D eigenvalue weighted by molar-refractivity contribution is 6.31. The molecule has 0 bridgehead atoms. The quantitative estimate of drug-likeness (QED) is 0.800. The predicted molar refractivity (Wildman–Crippen MR) is 72.2 cm³/mol. The van der Waals surface area contributed by atoms with Crippen molar-refractivity contribution in [2.45, 2.75) is 39.2 Å². The van der Waals surface area contributed by atoms with Gasteiger partial charge in [0.25, 0.3) is 0 Å². The Hall–Kier alpha value is -0.860. The highest BCUT2D eigenvalue weighted by Gasteiger charge is 2.27. The Morgan fingerprint density at radius 3 is 2.83 bits per heavy atom. The fourth-order valence-electron chi connectivity index (χ4n) is 2.69. The lowest BCUT2D eigenvalue weighted by molar-refractivity contribution is 0.138. The molecule has 0 aliphatic heterocycles. The number of aliphatic hydroxyl groups is 1. The van der Waals surface area contributed by atoms with Crippen molar-refractivity contribution in [2.75, 3.05) is 0 Å². The second-order valence-electron chi connectivity index (χ2n) is 5.85. The van der Waals surface area contributed by atoms with Gasteiger partial charge in [-0.2, -0.15) is 0 Å². The van der Waals surface area contributed by atoms with E-state index < -0.39 is 6.10 Å². The van der Waals surface area contributed by atoms with E-state index in [1.54, 1.807) is 6.07 Å². The summed E-state index contributed by atoms with van der Waals surface area (Å²) in [5, 5.41) is 10.4. The van der Waals surface area contributed by atoms with Crippen molar-refractivity contribution in [1.29, 1.82) is 0 Å². The van der Waals surface area contributed by atoms with E-state index in [0.717, 1.165) is 24.0 Å². The number of aliphatic hydroxyl groups excluding tert-OH is 1. The van der Waals surface area contributed by atoms with Crippen molar-refractivity contribution < 1.29 is 9.50 Å². The first-order valence-corrected chi connectivity index (χ1v) is 6.55. The van der Waals surface area contributed by atoms with Crippen LogP contribution in [0.3, 0.4) is 0 Å². The third kappa shape index (κ3) is 3.33. The second kappa shape index (κ2) is 5.02. The van der Waals surface area contributed by atoms with Crippen LogP contribution >= 0.6 is 11.6 Å². The predicted octanol–water partition coefficient (Wildman–Crippen LogP) is 4.13. The molecule has 1 aliphatic carbocycles. The largest absolute Gasteiger partial charge is 0.389 e. The smallest absolute Gasteiger partial charge is 0.123 e. The summed E-state index contributed by atoms with van der Waals surface area (Å²) < 4.78 is 13.2. The molecule has 0 amide bonds. The van der Waals surface area contributed by atoms with Crippen LogP contribution in [0.4, 0.5) is 4.39 Å². The molecular weight excluding hydrogens is 251 g/mol. The third-order valence-electron chi connectivity index (χ3n) is 3.32. The van der Waals surface area contributed by atoms with Gasteiger partial charge in [0, 0.05) is 5.02 Å². The van der Waals surface area contributed by atoms with Crippen molar-refractivity contribution in [3.8, 4) is 0 Å². The molecule has 1 N–H and O–H groups in total. The van der Waals surface area contributed by atoms with Gasteiger partial charge in [-0.25, -0.2) is 4.39 Å². The van der Waals surface area contributed by atoms with Gasteiger partial charge in [-0.3, -0.25) is 0 Å². The van der Waals surface area contributed by atoms with Crippen LogP contribution < -0.4 is 0 Å². The number of halogens is 2. The Balaban J connectivity index is 2.21. The van der Waals surface area contributed by atoms with Gasteiger partial charge in [-0.15, -0.1) is 0 Å². The van der Waals surface area contributed by atoms with Crippen LogP contribution in [0.15, 0.2) is 29.8 Å². The molecule has 0 radical (unpaired) electrons. The summed E-state index contributed by atoms with van der Waals surface area (Å²) in [5.74, 6) is -0.273. The molecule has 1 aromatic carbocycles. The lowest BCUT2D eigenvalue weighted by Crippen LogP contribution is -2.25. The molecule has 0 aromatic heterocycles. The minimum absolute atomic E-state index is 0.0866. The Kier molecular flexibility index (Phi) is 3.79. The first kappa shape index (κ1) is 13.6. The molecule has 18 heavy (non-hydrogen) atoms. The van der Waals surface area contributed by atoms with Gasteiger partial charge in [0.05, 0.1) is 6.10 Å². The van der Waals surface area contributed by atoms with Crippen LogP contribution in [0.2, 0.25) is 5.02 Å². The molecule has 0 saturated carbocycles. The van der Waals surface area contributed by atoms with E-state index >= 15 is 0 Å². The van der Waals surface area contributed by atoms with E-state index in [9.17, 15) is 9.50 Å². The monoisotopic (exact) mass is 268 g/mol. The summed E-state index contributed by atoms with van der Waals surface area (Å²) in [6.07, 6.45) is 3.77. The maximum atomic E-state index is 13.2. The van der Waals surface area contributed by atoms with E-state index in [4.69, 9.17) is 11.6 Å². The van der Waals surface area contributed by atoms with E-state index in [0.29, 0.717) is 11.4 Å². The number of allylic oxidation sites excluding steroid dienone is 1. The van der Waals surface area contributed by atoms with E-state index in [1.807, 2.05) is 6.08 Å². The molecule has 0 fully saturated rings. The average molecular weight is 269 g/mol. The highest BCUT2D eigenvalue weighted by Crippen LogP contribution is 2.37. The summed E-state index contributed by atoms with van der Waals surface area (Å²) in [7, 11) is 0. The van der Waals surface area contributed by atoms with Gasteiger partial charge >= 0.3 is 0 Å². The summed E-state index contributed by atoms with van der Waals surface area (Å²) in [6.45, 7) is 4.27. The normalized spacial score (nSPS) is 22.7. The van der Waals surface area contributed by atoms with Gasteiger partial charge in [0.15, 0.2) is 0 Å². The molecule has 0 heterocycles. The van der Waals surface area contributed by atoms with Crippen LogP contribution in [0.25, 0.3) is 0 Å². The lowest BCUT2D eigenvalue weighted by atomic mass is 9.75. The van der Waals surface area contributed by atoms with Crippen molar-refractivity contribution in [1.82, 2.24) is 0 Å². The van der Waals surface area contributed by atoms with Crippen molar-refractivity contribution >= 4 is 11.6 Å². The highest BCUT2D eigenvalue weighted by atomic mass is 35.5. The molecule has 1 unspecified atom stereocenters. The van der Waals surface area contributed by atoms with Crippen LogP contribution in [0.1, 0.15) is 32.3 Å². The van der Waals surface area contributed by atoms with E-state index in [1.165, 1.54) is 12.1 Å². The van der Waals surface area contributed by atoms with Crippen LogP contribution in [-0.2, 0) is 6.42 Å². The van der Waals surface area contributed by atoms with E-state index in [2.05, 4.69) is 13.8 Å². The average Bonchev–Trinajstić information content (AvgIpc) is 2.20. The first-order valence-electron chi connectivity index (χ1n) is 6.17. The summed E-state index contributed by atoms with van der Waals surface area (Å²) in [5.41, 5.74) is 2.00. The molecule has 98 valence electrons. The number of hydrogen-bond acceptors (Lipinski definition) is 1. The molecule has 0 spiro atoms. The summed E-state index contributed by atoms with van der Waals surface area (Å²) in [6, 6.07) is 4.41. The number of benzene rings is 1. The topological polar surface area (TPSA) is 20.2 Å². The Bertz CT molecular complexity index is 479. The molecule has 3 heteroatoms. The maximum absolute atomic E-state index is 13.2. The van der Waals surface area contributed by atoms with Crippen LogP contribution in [0, 0.1) is 11.2 Å². The van der Waals surface area contributed by atoms with Crippen molar-refractivity contribution in [3.63, 3.8) is 0 Å². The minimum Gasteiger partial charge on any atom is -0.389 e. The molecule has 1 atom stereocenters. The molecule has 2 rings (SSSR count). The van der Waals surface area contributed by atoms with Gasteiger partial charge in [-0.1, -0.05) is 37.1 Å². The Morgan fingerprint density at radius 2 is 2.17 bits per heavy atom. The molecule has 1 nitrogen and oxygen atoms in total. The number of hydrogen-bond donors (Lipinski definition) is 1. The lowest BCUT2D eigenvalue weighted by Gasteiger charge is -2.32. The van der Waals surface area contributed by atoms with Crippen LogP contribution in [-0.4, -0.2) is 11.2 Å².